The number of benzene rings is 1. The normalized spacial score (nSPS) is 10.8. The summed E-state index contributed by atoms with van der Waals surface area (Å²) >= 11 is 0. The number of hydrogen-bond donors (Lipinski definition) is 1. The molecule has 0 aliphatic rings. The molecule has 0 bridgehead atoms. The van der Waals surface area contributed by atoms with E-state index in [-0.39, 0.29) is 0 Å². The van der Waals surface area contributed by atoms with Crippen LogP contribution < -0.4 is 9.64 Å². The highest BCUT2D eigenvalue weighted by molar-refractivity contribution is 5.60. The van der Waals surface area contributed by atoms with Gasteiger partial charge >= 0.3 is 0 Å². The van der Waals surface area contributed by atoms with Gasteiger partial charge in [-0.2, -0.15) is 4.98 Å². The summed E-state index contributed by atoms with van der Waals surface area (Å²) in [7, 11) is 3.60. The zero-order valence-electron chi connectivity index (χ0n) is 15.9. The van der Waals surface area contributed by atoms with E-state index < -0.39 is 0 Å². The van der Waals surface area contributed by atoms with Gasteiger partial charge < -0.3 is 19.1 Å². The predicted molar refractivity (Wildman–Crippen MR) is 105 cm³/mol. The molecule has 0 spiro atoms. The number of nitrogens with one attached hydrogen (secondary N) is 1. The van der Waals surface area contributed by atoms with Gasteiger partial charge in [0.1, 0.15) is 17.4 Å². The highest BCUT2D eigenvalue weighted by Gasteiger charge is 2.12. The first-order chi connectivity index (χ1) is 13.6. The Balaban J connectivity index is 1.48. The molecular formula is C20H20N6O2. The van der Waals surface area contributed by atoms with Crippen LogP contribution in [0, 0.1) is 6.92 Å². The molecule has 28 heavy (non-hydrogen) atoms. The van der Waals surface area contributed by atoms with E-state index in [9.17, 15) is 0 Å². The first kappa shape index (κ1) is 17.7. The van der Waals surface area contributed by atoms with Gasteiger partial charge in [0, 0.05) is 30.7 Å². The lowest BCUT2D eigenvalue weighted by molar-refractivity contribution is 0.415. The number of methoxy groups -OCH3 is 1. The molecule has 3 aromatic heterocycles. The van der Waals surface area contributed by atoms with Gasteiger partial charge in [-0.25, -0.2) is 9.97 Å². The number of imidazole rings is 1. The Morgan fingerprint density at radius 1 is 1.04 bits per heavy atom. The van der Waals surface area contributed by atoms with Crippen molar-refractivity contribution in [3.05, 3.63) is 60.3 Å². The van der Waals surface area contributed by atoms with Crippen molar-refractivity contribution in [2.24, 2.45) is 0 Å². The molecule has 8 heteroatoms. The number of nitrogens with zero attached hydrogens (tertiary/aromatic N) is 5. The second-order valence-electron chi connectivity index (χ2n) is 6.43. The Hall–Kier alpha value is -3.68. The molecule has 3 heterocycles. The van der Waals surface area contributed by atoms with Crippen LogP contribution in [0.15, 0.2) is 53.3 Å². The maximum Gasteiger partial charge on any atom is 0.259 e. The van der Waals surface area contributed by atoms with Crippen molar-refractivity contribution in [1.29, 1.82) is 0 Å². The quantitative estimate of drug-likeness (QED) is 0.551. The van der Waals surface area contributed by atoms with Gasteiger partial charge in [-0.1, -0.05) is 5.16 Å². The van der Waals surface area contributed by atoms with Crippen LogP contribution in [0.25, 0.3) is 22.8 Å². The second kappa shape index (κ2) is 7.51. The van der Waals surface area contributed by atoms with Crippen LogP contribution in [0.2, 0.25) is 0 Å². The molecule has 0 saturated heterocycles. The number of anilines is 1. The monoisotopic (exact) mass is 376 g/mol. The number of H-pyrrole nitrogens is 1. The van der Waals surface area contributed by atoms with Crippen molar-refractivity contribution in [2.75, 3.05) is 19.1 Å². The molecule has 0 fully saturated rings. The molecule has 0 unspecified atom stereocenters. The maximum absolute atomic E-state index is 5.40. The zero-order chi connectivity index (χ0) is 19.5. The molecule has 142 valence electrons. The Labute approximate surface area is 162 Å². The van der Waals surface area contributed by atoms with E-state index in [0.717, 1.165) is 34.2 Å². The van der Waals surface area contributed by atoms with Gasteiger partial charge in [0.2, 0.25) is 5.82 Å². The summed E-state index contributed by atoms with van der Waals surface area (Å²) in [6.07, 6.45) is 3.54. The largest absolute Gasteiger partial charge is 0.497 e. The van der Waals surface area contributed by atoms with E-state index in [1.165, 1.54) is 0 Å². The van der Waals surface area contributed by atoms with E-state index in [1.807, 2.05) is 61.5 Å². The van der Waals surface area contributed by atoms with E-state index in [1.54, 1.807) is 13.3 Å². The Morgan fingerprint density at radius 3 is 2.46 bits per heavy atom. The minimum Gasteiger partial charge on any atom is -0.497 e. The van der Waals surface area contributed by atoms with Crippen molar-refractivity contribution in [1.82, 2.24) is 25.1 Å². The third-order valence-corrected chi connectivity index (χ3v) is 4.30. The van der Waals surface area contributed by atoms with Crippen LogP contribution in [-0.2, 0) is 6.54 Å². The van der Waals surface area contributed by atoms with Gasteiger partial charge in [-0.15, -0.1) is 0 Å². The van der Waals surface area contributed by atoms with Crippen LogP contribution >= 0.6 is 0 Å². The van der Waals surface area contributed by atoms with Crippen LogP contribution in [0.3, 0.4) is 0 Å². The van der Waals surface area contributed by atoms with Crippen molar-refractivity contribution in [3.63, 3.8) is 0 Å². The predicted octanol–water partition coefficient (Wildman–Crippen LogP) is 3.48. The highest BCUT2D eigenvalue weighted by atomic mass is 16.5. The first-order valence-electron chi connectivity index (χ1n) is 8.78. The average Bonchev–Trinajstić information content (AvgIpc) is 3.37. The van der Waals surface area contributed by atoms with Crippen LogP contribution in [0.1, 0.15) is 11.5 Å². The molecule has 0 amide bonds. The summed E-state index contributed by atoms with van der Waals surface area (Å²) in [5, 5.41) is 4.06. The number of pyridine rings is 1. The molecule has 0 radical (unpaired) electrons. The highest BCUT2D eigenvalue weighted by Crippen LogP contribution is 2.24. The van der Waals surface area contributed by atoms with Gasteiger partial charge in [0.05, 0.1) is 19.2 Å². The van der Waals surface area contributed by atoms with Crippen molar-refractivity contribution >= 4 is 5.82 Å². The molecule has 0 saturated carbocycles. The van der Waals surface area contributed by atoms with Crippen molar-refractivity contribution < 1.29 is 9.26 Å². The van der Waals surface area contributed by atoms with Gasteiger partial charge in [-0.3, -0.25) is 0 Å². The van der Waals surface area contributed by atoms with E-state index >= 15 is 0 Å². The lowest BCUT2D eigenvalue weighted by Gasteiger charge is -2.16. The Bertz CT molecular complexity index is 1050. The molecule has 4 rings (SSSR count). The maximum atomic E-state index is 5.40. The summed E-state index contributed by atoms with van der Waals surface area (Å²) in [6, 6.07) is 11.3. The zero-order valence-corrected chi connectivity index (χ0v) is 15.9. The summed E-state index contributed by atoms with van der Waals surface area (Å²) in [5.74, 6) is 3.45. The lowest BCUT2D eigenvalue weighted by atomic mass is 10.2. The second-order valence-corrected chi connectivity index (χ2v) is 6.43. The summed E-state index contributed by atoms with van der Waals surface area (Å²) in [4.78, 5) is 18.5. The Morgan fingerprint density at radius 2 is 1.82 bits per heavy atom. The van der Waals surface area contributed by atoms with Gasteiger partial charge in [-0.05, 0) is 43.3 Å². The molecule has 8 nitrogen and oxygen atoms in total. The molecule has 0 atom stereocenters. The van der Waals surface area contributed by atoms with E-state index in [2.05, 4.69) is 25.1 Å². The molecule has 1 aromatic carbocycles. The van der Waals surface area contributed by atoms with Crippen molar-refractivity contribution in [2.45, 2.75) is 13.5 Å². The summed E-state index contributed by atoms with van der Waals surface area (Å²) < 4.78 is 10.6. The fourth-order valence-corrected chi connectivity index (χ4v) is 2.79. The minimum atomic E-state index is 0.425. The number of ether oxygens (including phenoxy) is 1. The topological polar surface area (TPSA) is 93.0 Å². The fraction of sp³-hybridized carbons (Fsp3) is 0.200. The van der Waals surface area contributed by atoms with Crippen LogP contribution in [0.4, 0.5) is 5.82 Å². The van der Waals surface area contributed by atoms with Crippen LogP contribution in [0.5, 0.6) is 5.75 Å². The number of aromatic amines is 1. The molecule has 4 aromatic rings. The summed E-state index contributed by atoms with van der Waals surface area (Å²) in [5.41, 5.74) is 2.66. The molecule has 0 aliphatic carbocycles. The SMILES string of the molecule is COc1ccc(-c2noc(-c3ccc(N(C)Cc4ncc(C)[nH]4)nc3)n2)cc1. The third kappa shape index (κ3) is 3.71. The molecule has 0 aliphatic heterocycles. The van der Waals surface area contributed by atoms with Gasteiger partial charge in [0.15, 0.2) is 0 Å². The number of aromatic nitrogens is 5. The first-order valence-corrected chi connectivity index (χ1v) is 8.78. The van der Waals surface area contributed by atoms with E-state index in [4.69, 9.17) is 9.26 Å². The smallest absolute Gasteiger partial charge is 0.259 e. The van der Waals surface area contributed by atoms with Gasteiger partial charge in [0.25, 0.3) is 5.89 Å². The fourth-order valence-electron chi connectivity index (χ4n) is 2.79. The summed E-state index contributed by atoms with van der Waals surface area (Å²) in [6.45, 7) is 2.62. The molecular weight excluding hydrogens is 356 g/mol. The van der Waals surface area contributed by atoms with Crippen LogP contribution in [-0.4, -0.2) is 39.3 Å². The Kier molecular flexibility index (Phi) is 4.76. The standard InChI is InChI=1S/C20H20N6O2/c1-13-10-21-17(23-13)12-26(2)18-9-6-15(11-22-18)20-24-19(25-28-20)14-4-7-16(27-3)8-5-14/h4-11H,12H2,1-3H3,(H,21,23). The lowest BCUT2D eigenvalue weighted by Crippen LogP contribution is -2.18. The van der Waals surface area contributed by atoms with Crippen molar-refractivity contribution in [3.8, 4) is 28.6 Å². The number of hydrogen-bond acceptors (Lipinski definition) is 7. The van der Waals surface area contributed by atoms with E-state index in [0.29, 0.717) is 18.3 Å². The molecule has 1 N–H and O–H groups in total. The number of aryl methyl sites for hydroxylation is 1. The average molecular weight is 376 g/mol. The third-order valence-electron chi connectivity index (χ3n) is 4.30. The number of rotatable bonds is 6. The minimum absolute atomic E-state index is 0.425.